The zero-order chi connectivity index (χ0) is 17.9. The summed E-state index contributed by atoms with van der Waals surface area (Å²) in [5, 5.41) is 9.10. The molecule has 132 valence electrons. The number of nitrogens with zero attached hydrogens (tertiary/aromatic N) is 2. The lowest BCUT2D eigenvalue weighted by Gasteiger charge is -2.10. The quantitative estimate of drug-likeness (QED) is 0.622. The number of carbonyl (C=O) groups is 1. The fourth-order valence-corrected chi connectivity index (χ4v) is 3.72. The van der Waals surface area contributed by atoms with Crippen molar-refractivity contribution < 1.29 is 14.6 Å². The van der Waals surface area contributed by atoms with Crippen LogP contribution in [0.15, 0.2) is 9.59 Å². The van der Waals surface area contributed by atoms with Crippen LogP contribution in [0.2, 0.25) is 0 Å². The summed E-state index contributed by atoms with van der Waals surface area (Å²) in [5.41, 5.74) is 4.69. The molecule has 2 rings (SSSR count). The molecule has 0 aromatic carbocycles. The van der Waals surface area contributed by atoms with Crippen molar-refractivity contribution in [3.63, 3.8) is 0 Å². The van der Waals surface area contributed by atoms with Crippen LogP contribution >= 0.6 is 11.3 Å². The molecule has 9 nitrogen and oxygen atoms in total. The number of aromatic nitrogens is 2. The van der Waals surface area contributed by atoms with Crippen LogP contribution in [-0.4, -0.2) is 34.1 Å². The van der Waals surface area contributed by atoms with E-state index in [2.05, 4.69) is 10.9 Å². The summed E-state index contributed by atoms with van der Waals surface area (Å²) in [4.78, 5) is 37.0. The fraction of sp³-hybridized carbons (Fsp3) is 0.500. The Morgan fingerprint density at radius 1 is 1.33 bits per heavy atom. The van der Waals surface area contributed by atoms with Gasteiger partial charge in [0.05, 0.1) is 18.5 Å². The standard InChI is InChI=1S/C14H20N4O5S/c1-4-17-11(19)10-8(2)9(7-15-16-13(20)21)24-12(10)18(14(17)22)5-6-23-3/h15-16H,4-7H2,1-3H3,(H,20,21). The molecule has 0 saturated carbocycles. The largest absolute Gasteiger partial charge is 0.464 e. The Morgan fingerprint density at radius 2 is 2.04 bits per heavy atom. The highest BCUT2D eigenvalue weighted by molar-refractivity contribution is 7.18. The van der Waals surface area contributed by atoms with Gasteiger partial charge in [-0.05, 0) is 19.4 Å². The SMILES string of the molecule is CCn1c(=O)c2c(C)c(CNNC(=O)O)sc2n(CCOC)c1=O. The molecule has 0 radical (unpaired) electrons. The van der Waals surface area contributed by atoms with Crippen molar-refractivity contribution in [2.75, 3.05) is 13.7 Å². The van der Waals surface area contributed by atoms with Crippen molar-refractivity contribution in [1.82, 2.24) is 20.0 Å². The van der Waals surface area contributed by atoms with Gasteiger partial charge in [-0.3, -0.25) is 19.4 Å². The third kappa shape index (κ3) is 3.35. The normalized spacial score (nSPS) is 11.1. The molecular weight excluding hydrogens is 336 g/mol. The Balaban J connectivity index is 2.60. The smallest absolute Gasteiger partial charge is 0.419 e. The molecule has 0 aliphatic heterocycles. The number of rotatable bonds is 7. The first-order valence-corrected chi connectivity index (χ1v) is 8.20. The second-order valence-electron chi connectivity index (χ2n) is 5.09. The number of hydrazine groups is 1. The number of aryl methyl sites for hydroxylation is 1. The first kappa shape index (κ1) is 18.2. The van der Waals surface area contributed by atoms with E-state index in [1.165, 1.54) is 20.5 Å². The topological polar surface area (TPSA) is 115 Å². The molecular formula is C14H20N4O5S. The van der Waals surface area contributed by atoms with Gasteiger partial charge in [0, 0.05) is 25.1 Å². The molecule has 3 N–H and O–H groups in total. The van der Waals surface area contributed by atoms with Crippen LogP contribution < -0.4 is 22.1 Å². The maximum absolute atomic E-state index is 12.6. The van der Waals surface area contributed by atoms with E-state index in [1.807, 2.05) is 0 Å². The van der Waals surface area contributed by atoms with Gasteiger partial charge < -0.3 is 9.84 Å². The lowest BCUT2D eigenvalue weighted by Crippen LogP contribution is -2.39. The van der Waals surface area contributed by atoms with Gasteiger partial charge in [-0.1, -0.05) is 0 Å². The second kappa shape index (κ2) is 7.60. The number of thiophene rings is 1. The Labute approximate surface area is 141 Å². The van der Waals surface area contributed by atoms with Crippen LogP contribution in [0.4, 0.5) is 4.79 Å². The van der Waals surface area contributed by atoms with E-state index in [1.54, 1.807) is 21.0 Å². The second-order valence-corrected chi connectivity index (χ2v) is 6.17. The molecule has 0 bridgehead atoms. The van der Waals surface area contributed by atoms with E-state index < -0.39 is 6.09 Å². The molecule has 2 heterocycles. The lowest BCUT2D eigenvalue weighted by atomic mass is 10.2. The van der Waals surface area contributed by atoms with E-state index in [0.29, 0.717) is 23.4 Å². The summed E-state index contributed by atoms with van der Waals surface area (Å²) in [6.45, 7) is 4.74. The molecule has 0 aliphatic carbocycles. The zero-order valence-corrected chi connectivity index (χ0v) is 14.5. The fourth-order valence-electron chi connectivity index (χ4n) is 2.47. The minimum Gasteiger partial charge on any atom is -0.464 e. The van der Waals surface area contributed by atoms with Gasteiger partial charge in [-0.15, -0.1) is 11.3 Å². The highest BCUT2D eigenvalue weighted by Gasteiger charge is 2.19. The zero-order valence-electron chi connectivity index (χ0n) is 13.7. The third-order valence-electron chi connectivity index (χ3n) is 3.67. The molecule has 0 spiro atoms. The number of amides is 1. The van der Waals surface area contributed by atoms with Gasteiger partial charge in [-0.25, -0.2) is 15.0 Å². The number of fused-ring (bicyclic) bond motifs is 1. The van der Waals surface area contributed by atoms with Crippen LogP contribution in [-0.2, 0) is 24.4 Å². The highest BCUT2D eigenvalue weighted by Crippen LogP contribution is 2.27. The van der Waals surface area contributed by atoms with Crippen molar-refractivity contribution in [1.29, 1.82) is 0 Å². The lowest BCUT2D eigenvalue weighted by molar-refractivity contribution is 0.186. The average Bonchev–Trinajstić information content (AvgIpc) is 2.84. The van der Waals surface area contributed by atoms with Gasteiger partial charge in [0.15, 0.2) is 0 Å². The molecule has 0 saturated heterocycles. The number of methoxy groups -OCH3 is 1. The van der Waals surface area contributed by atoms with E-state index in [0.717, 1.165) is 10.4 Å². The number of nitrogens with one attached hydrogen (secondary N) is 2. The first-order chi connectivity index (χ1) is 11.4. The Morgan fingerprint density at radius 3 is 2.62 bits per heavy atom. The molecule has 0 unspecified atom stereocenters. The summed E-state index contributed by atoms with van der Waals surface area (Å²) >= 11 is 1.30. The number of carboxylic acid groups (broad SMARTS) is 1. The molecule has 24 heavy (non-hydrogen) atoms. The first-order valence-electron chi connectivity index (χ1n) is 7.38. The van der Waals surface area contributed by atoms with Crippen molar-refractivity contribution in [3.05, 3.63) is 31.3 Å². The molecule has 0 atom stereocenters. The number of ether oxygens (including phenoxy) is 1. The van der Waals surface area contributed by atoms with Gasteiger partial charge >= 0.3 is 11.8 Å². The summed E-state index contributed by atoms with van der Waals surface area (Å²) in [6.07, 6.45) is -1.20. The molecule has 0 fully saturated rings. The van der Waals surface area contributed by atoms with Crippen molar-refractivity contribution in [3.8, 4) is 0 Å². The van der Waals surface area contributed by atoms with Crippen LogP contribution in [0, 0.1) is 6.92 Å². The molecule has 10 heteroatoms. The highest BCUT2D eigenvalue weighted by atomic mass is 32.1. The predicted octanol–water partition coefficient (Wildman–Crippen LogP) is 0.472. The van der Waals surface area contributed by atoms with Crippen LogP contribution in [0.25, 0.3) is 10.2 Å². The molecule has 0 aliphatic rings. The van der Waals surface area contributed by atoms with Crippen LogP contribution in [0.5, 0.6) is 0 Å². The summed E-state index contributed by atoms with van der Waals surface area (Å²) in [7, 11) is 1.55. The van der Waals surface area contributed by atoms with E-state index >= 15 is 0 Å². The minimum absolute atomic E-state index is 0.224. The maximum atomic E-state index is 12.6. The summed E-state index contributed by atoms with van der Waals surface area (Å²) in [5.74, 6) is 0. The van der Waals surface area contributed by atoms with Crippen molar-refractivity contribution in [2.45, 2.75) is 33.5 Å². The Bertz CT molecular complexity index is 867. The predicted molar refractivity (Wildman–Crippen MR) is 90.6 cm³/mol. The number of hydrogen-bond donors (Lipinski definition) is 3. The molecule has 2 aromatic heterocycles. The van der Waals surface area contributed by atoms with Crippen LogP contribution in [0.3, 0.4) is 0 Å². The van der Waals surface area contributed by atoms with Crippen molar-refractivity contribution >= 4 is 27.6 Å². The van der Waals surface area contributed by atoms with Gasteiger partial charge in [0.2, 0.25) is 0 Å². The van der Waals surface area contributed by atoms with E-state index in [4.69, 9.17) is 9.84 Å². The van der Waals surface area contributed by atoms with Crippen LogP contribution in [0.1, 0.15) is 17.4 Å². The van der Waals surface area contributed by atoms with E-state index in [-0.39, 0.29) is 24.3 Å². The summed E-state index contributed by atoms with van der Waals surface area (Å²) < 4.78 is 7.79. The minimum atomic E-state index is -1.20. The Hall–Kier alpha value is -2.17. The number of hydrogen-bond acceptors (Lipinski definition) is 6. The Kier molecular flexibility index (Phi) is 5.75. The van der Waals surface area contributed by atoms with Gasteiger partial charge in [-0.2, -0.15) is 0 Å². The average molecular weight is 356 g/mol. The molecule has 1 amide bonds. The monoisotopic (exact) mass is 356 g/mol. The third-order valence-corrected chi connectivity index (χ3v) is 4.99. The van der Waals surface area contributed by atoms with E-state index in [9.17, 15) is 14.4 Å². The van der Waals surface area contributed by atoms with Gasteiger partial charge in [0.1, 0.15) is 4.83 Å². The van der Waals surface area contributed by atoms with Crippen molar-refractivity contribution in [2.24, 2.45) is 0 Å². The summed E-state index contributed by atoms with van der Waals surface area (Å²) in [6, 6.07) is 0. The maximum Gasteiger partial charge on any atom is 0.419 e. The van der Waals surface area contributed by atoms with Gasteiger partial charge in [0.25, 0.3) is 5.56 Å². The molecule has 2 aromatic rings.